The fourth-order valence-corrected chi connectivity index (χ4v) is 5.80. The number of para-hydroxylation sites is 2. The molecule has 1 fully saturated rings. The number of halogens is 1. The number of carbonyl (C=O) groups is 1. The largest absolute Gasteiger partial charge is 0.444 e. The lowest BCUT2D eigenvalue weighted by Crippen LogP contribution is -2.47. The van der Waals surface area contributed by atoms with Gasteiger partial charge < -0.3 is 14.5 Å². The second kappa shape index (κ2) is 12.2. The molecule has 0 saturated carbocycles. The first-order chi connectivity index (χ1) is 19.6. The van der Waals surface area contributed by atoms with Gasteiger partial charge in [-0.15, -0.1) is 0 Å². The summed E-state index contributed by atoms with van der Waals surface area (Å²) < 4.78 is 8.79. The van der Waals surface area contributed by atoms with Crippen LogP contribution in [-0.2, 0) is 24.2 Å². The average Bonchev–Trinajstić information content (AvgIpc) is 3.30. The van der Waals surface area contributed by atoms with E-state index in [4.69, 9.17) is 9.84 Å². The molecule has 11 heteroatoms. The van der Waals surface area contributed by atoms with Crippen LogP contribution in [0, 0.1) is 10.1 Å². The van der Waals surface area contributed by atoms with E-state index in [9.17, 15) is 14.9 Å². The Bertz CT molecular complexity index is 1390. The van der Waals surface area contributed by atoms with E-state index in [0.29, 0.717) is 18.8 Å². The number of nitrogens with zero attached hydrogens (tertiary/aromatic N) is 6. The molecule has 1 aromatic heterocycles. The molecule has 5 rings (SSSR count). The molecule has 1 saturated heterocycles. The third-order valence-corrected chi connectivity index (χ3v) is 8.07. The van der Waals surface area contributed by atoms with Gasteiger partial charge in [-0.2, -0.15) is 5.10 Å². The molecule has 218 valence electrons. The topological polar surface area (TPSA) is 97.0 Å². The Kier molecular flexibility index (Phi) is 8.65. The highest BCUT2D eigenvalue weighted by Gasteiger charge is 2.31. The predicted octanol–water partition coefficient (Wildman–Crippen LogP) is 5.73. The van der Waals surface area contributed by atoms with Crippen molar-refractivity contribution in [3.05, 3.63) is 74.4 Å². The van der Waals surface area contributed by atoms with Crippen LogP contribution in [0.1, 0.15) is 38.4 Å². The number of carbonyl (C=O) groups excluding carboxylic acids is 1. The minimum Gasteiger partial charge on any atom is -0.444 e. The van der Waals surface area contributed by atoms with Gasteiger partial charge in [0.2, 0.25) is 0 Å². The minimum absolute atomic E-state index is 0.163. The zero-order chi connectivity index (χ0) is 29.1. The number of benzene rings is 2. The standard InChI is InChI=1S/C30H37BrN6O4/c1-30(2,3)41-29(38)35-16-13-25-24(21-35)28(22-9-11-23(31)12-10-22)32-36(25)15-6-14-33-17-19-34(20-18-33)26-7-4-5-8-27(26)37(39)40/h4-5,7-12H,6,13-21H2,1-3H3. The molecule has 10 nitrogen and oxygen atoms in total. The molecule has 0 unspecified atom stereocenters. The molecule has 0 spiro atoms. The van der Waals surface area contributed by atoms with Crippen LogP contribution >= 0.6 is 15.9 Å². The Morgan fingerprint density at radius 1 is 1.02 bits per heavy atom. The molecule has 3 aromatic rings. The van der Waals surface area contributed by atoms with Crippen molar-refractivity contribution in [3.8, 4) is 11.3 Å². The first-order valence-electron chi connectivity index (χ1n) is 14.1. The van der Waals surface area contributed by atoms with Crippen molar-refractivity contribution < 1.29 is 14.5 Å². The van der Waals surface area contributed by atoms with Crippen LogP contribution in [0.5, 0.6) is 0 Å². The molecule has 1 amide bonds. The normalized spacial score (nSPS) is 16.0. The van der Waals surface area contributed by atoms with E-state index in [1.165, 1.54) is 5.69 Å². The summed E-state index contributed by atoms with van der Waals surface area (Å²) in [5.41, 5.74) is 4.53. The van der Waals surface area contributed by atoms with Gasteiger partial charge in [0, 0.05) is 79.6 Å². The van der Waals surface area contributed by atoms with Crippen LogP contribution in [0.3, 0.4) is 0 Å². The number of fused-ring (bicyclic) bond motifs is 1. The van der Waals surface area contributed by atoms with Gasteiger partial charge in [0.05, 0.1) is 17.2 Å². The van der Waals surface area contributed by atoms with Crippen molar-refractivity contribution in [2.75, 3.05) is 44.2 Å². The highest BCUT2D eigenvalue weighted by atomic mass is 79.9. The maximum Gasteiger partial charge on any atom is 0.410 e. The van der Waals surface area contributed by atoms with Crippen LogP contribution in [0.2, 0.25) is 0 Å². The van der Waals surface area contributed by atoms with Gasteiger partial charge >= 0.3 is 6.09 Å². The molecule has 2 aliphatic rings. The van der Waals surface area contributed by atoms with E-state index in [0.717, 1.165) is 73.4 Å². The molecule has 0 radical (unpaired) electrons. The zero-order valence-corrected chi connectivity index (χ0v) is 25.5. The highest BCUT2D eigenvalue weighted by Crippen LogP contribution is 2.32. The third-order valence-electron chi connectivity index (χ3n) is 7.54. The number of hydrogen-bond donors (Lipinski definition) is 0. The van der Waals surface area contributed by atoms with E-state index in [1.807, 2.05) is 45.0 Å². The number of nitro groups is 1. The van der Waals surface area contributed by atoms with Gasteiger partial charge in [-0.3, -0.25) is 19.7 Å². The van der Waals surface area contributed by atoms with E-state index in [1.54, 1.807) is 17.0 Å². The molecular weight excluding hydrogens is 588 g/mol. The molecule has 3 heterocycles. The summed E-state index contributed by atoms with van der Waals surface area (Å²) in [5.74, 6) is 0. The summed E-state index contributed by atoms with van der Waals surface area (Å²) in [7, 11) is 0. The number of nitro benzene ring substituents is 1. The van der Waals surface area contributed by atoms with E-state index < -0.39 is 5.60 Å². The molecule has 0 atom stereocenters. The Balaban J connectivity index is 1.24. The SMILES string of the molecule is CC(C)(C)OC(=O)N1CCc2c(c(-c3ccc(Br)cc3)nn2CCCN2CCN(c3ccccc3[N+](=O)[O-])CC2)C1. The van der Waals surface area contributed by atoms with Crippen molar-refractivity contribution in [2.24, 2.45) is 0 Å². The summed E-state index contributed by atoms with van der Waals surface area (Å²) >= 11 is 3.52. The highest BCUT2D eigenvalue weighted by molar-refractivity contribution is 9.10. The Morgan fingerprint density at radius 3 is 2.41 bits per heavy atom. The fourth-order valence-electron chi connectivity index (χ4n) is 5.54. The maximum atomic E-state index is 12.9. The summed E-state index contributed by atoms with van der Waals surface area (Å²) in [4.78, 5) is 30.3. The van der Waals surface area contributed by atoms with Crippen molar-refractivity contribution in [3.63, 3.8) is 0 Å². The molecule has 0 aliphatic carbocycles. The summed E-state index contributed by atoms with van der Waals surface area (Å²) in [5, 5.41) is 16.5. The summed E-state index contributed by atoms with van der Waals surface area (Å²) in [6, 6.07) is 15.1. The summed E-state index contributed by atoms with van der Waals surface area (Å²) in [6.45, 7) is 11.7. The van der Waals surface area contributed by atoms with Crippen LogP contribution in [0.25, 0.3) is 11.3 Å². The van der Waals surface area contributed by atoms with Crippen LogP contribution in [0.4, 0.5) is 16.2 Å². The van der Waals surface area contributed by atoms with Gasteiger partial charge in [0.25, 0.3) is 5.69 Å². The molecule has 0 N–H and O–H groups in total. The number of amides is 1. The number of aromatic nitrogens is 2. The molecule has 2 aromatic carbocycles. The van der Waals surface area contributed by atoms with Crippen molar-refractivity contribution >= 4 is 33.4 Å². The number of piperazine rings is 1. The molecular formula is C30H37BrN6O4. The maximum absolute atomic E-state index is 12.9. The van der Waals surface area contributed by atoms with Crippen LogP contribution in [0.15, 0.2) is 53.0 Å². The van der Waals surface area contributed by atoms with Gasteiger partial charge in [0.15, 0.2) is 0 Å². The van der Waals surface area contributed by atoms with Crippen molar-refractivity contribution in [1.82, 2.24) is 19.6 Å². The fraction of sp³-hybridized carbons (Fsp3) is 0.467. The van der Waals surface area contributed by atoms with E-state index >= 15 is 0 Å². The Morgan fingerprint density at radius 2 is 1.73 bits per heavy atom. The predicted molar refractivity (Wildman–Crippen MR) is 162 cm³/mol. The number of aryl methyl sites for hydroxylation is 1. The number of hydrogen-bond acceptors (Lipinski definition) is 7. The second-order valence-electron chi connectivity index (χ2n) is 11.6. The average molecular weight is 626 g/mol. The monoisotopic (exact) mass is 624 g/mol. The number of rotatable bonds is 7. The summed E-state index contributed by atoms with van der Waals surface area (Å²) in [6.07, 6.45) is 1.37. The third kappa shape index (κ3) is 6.90. The van der Waals surface area contributed by atoms with E-state index in [-0.39, 0.29) is 16.7 Å². The zero-order valence-electron chi connectivity index (χ0n) is 23.9. The lowest BCUT2D eigenvalue weighted by atomic mass is 10.0. The van der Waals surface area contributed by atoms with Gasteiger partial charge in [-0.1, -0.05) is 40.2 Å². The minimum atomic E-state index is -0.544. The van der Waals surface area contributed by atoms with Crippen molar-refractivity contribution in [1.29, 1.82) is 0 Å². The molecule has 0 bridgehead atoms. The second-order valence-corrected chi connectivity index (χ2v) is 12.5. The first kappa shape index (κ1) is 29.1. The number of ether oxygens (including phenoxy) is 1. The Labute approximate surface area is 249 Å². The van der Waals surface area contributed by atoms with Crippen molar-refractivity contribution in [2.45, 2.75) is 52.3 Å². The quantitative estimate of drug-likeness (QED) is 0.245. The smallest absolute Gasteiger partial charge is 0.410 e. The lowest BCUT2D eigenvalue weighted by Gasteiger charge is -2.35. The first-order valence-corrected chi connectivity index (χ1v) is 14.9. The van der Waals surface area contributed by atoms with Gasteiger partial charge in [0.1, 0.15) is 11.3 Å². The number of anilines is 1. The van der Waals surface area contributed by atoms with Gasteiger partial charge in [-0.05, 0) is 45.4 Å². The molecule has 41 heavy (non-hydrogen) atoms. The van der Waals surface area contributed by atoms with E-state index in [2.05, 4.69) is 42.5 Å². The molecule has 2 aliphatic heterocycles. The van der Waals surface area contributed by atoms with Crippen LogP contribution < -0.4 is 4.90 Å². The Hall–Kier alpha value is -3.44. The van der Waals surface area contributed by atoms with Crippen LogP contribution in [-0.4, -0.2) is 75.5 Å². The van der Waals surface area contributed by atoms with Gasteiger partial charge in [-0.25, -0.2) is 4.79 Å². The lowest BCUT2D eigenvalue weighted by molar-refractivity contribution is -0.384.